The Morgan fingerprint density at radius 2 is 1.73 bits per heavy atom. The average molecular weight is 512 g/mol. The minimum Gasteiger partial charge on any atom is -0.490 e. The quantitative estimate of drug-likeness (QED) is 0.457. The molecule has 1 saturated carbocycles. The van der Waals surface area contributed by atoms with E-state index in [9.17, 15) is 8.42 Å². The van der Waals surface area contributed by atoms with Crippen LogP contribution in [0.1, 0.15) is 42.4 Å². The maximum Gasteiger partial charge on any atom is 0.243 e. The van der Waals surface area contributed by atoms with Crippen molar-refractivity contribution in [3.05, 3.63) is 57.1 Å². The largest absolute Gasteiger partial charge is 0.490 e. The normalized spacial score (nSPS) is 21.4. The van der Waals surface area contributed by atoms with E-state index in [1.165, 1.54) is 17.1 Å². The lowest BCUT2D eigenvalue weighted by Gasteiger charge is -2.37. The lowest BCUT2D eigenvalue weighted by molar-refractivity contribution is 0.0575. The number of rotatable bonds is 8. The van der Waals surface area contributed by atoms with E-state index in [1.54, 1.807) is 26.1 Å². The van der Waals surface area contributed by atoms with Crippen LogP contribution in [0.5, 0.6) is 5.75 Å². The summed E-state index contributed by atoms with van der Waals surface area (Å²) < 4.78 is 33.7. The Labute approximate surface area is 207 Å². The van der Waals surface area contributed by atoms with Crippen LogP contribution in [-0.4, -0.2) is 50.4 Å². The van der Waals surface area contributed by atoms with E-state index in [0.717, 1.165) is 54.4 Å². The zero-order valence-electron chi connectivity index (χ0n) is 19.5. The van der Waals surface area contributed by atoms with Crippen LogP contribution in [0.3, 0.4) is 0 Å². The maximum atomic E-state index is 13.1. The van der Waals surface area contributed by atoms with Gasteiger partial charge in [0.05, 0.1) is 11.0 Å². The van der Waals surface area contributed by atoms with E-state index in [-0.39, 0.29) is 12.0 Å². The van der Waals surface area contributed by atoms with Gasteiger partial charge in [0.1, 0.15) is 5.75 Å². The van der Waals surface area contributed by atoms with Crippen LogP contribution in [0.4, 0.5) is 0 Å². The highest BCUT2D eigenvalue weighted by molar-refractivity contribution is 7.89. The molecule has 0 spiro atoms. The van der Waals surface area contributed by atoms with Crippen LogP contribution in [0, 0.1) is 19.8 Å². The van der Waals surface area contributed by atoms with E-state index in [2.05, 4.69) is 11.0 Å². The van der Waals surface area contributed by atoms with Gasteiger partial charge in [-0.15, -0.1) is 0 Å². The predicted molar refractivity (Wildman–Crippen MR) is 134 cm³/mol. The van der Waals surface area contributed by atoms with Gasteiger partial charge in [-0.3, -0.25) is 4.90 Å². The molecule has 0 unspecified atom stereocenters. The summed E-state index contributed by atoms with van der Waals surface area (Å²) in [5.41, 5.74) is 2.56. The van der Waals surface area contributed by atoms with Crippen LogP contribution in [0.15, 0.2) is 35.2 Å². The predicted octanol–water partition coefficient (Wildman–Crippen LogP) is 5.68. The summed E-state index contributed by atoms with van der Waals surface area (Å²) in [6.07, 6.45) is 4.26. The molecule has 1 saturated heterocycles. The standard InChI is InChI=1S/C25H32Cl2N2O3S/c1-17-11-25(18(2)10-23(17)26)33(30,31)28(3)15-19-12-22(13-19)32-21-7-6-20(24(27)14-21)16-29-8-4-5-9-29/h6-7,10-11,14,19,22H,4-5,8-9,12-13,15-16H2,1-3H3. The second kappa shape index (κ2) is 10.1. The molecule has 0 atom stereocenters. The molecule has 33 heavy (non-hydrogen) atoms. The molecule has 4 rings (SSSR count). The van der Waals surface area contributed by atoms with Gasteiger partial charge in [-0.05, 0) is 99.5 Å². The lowest BCUT2D eigenvalue weighted by atomic mass is 9.82. The highest BCUT2D eigenvalue weighted by atomic mass is 35.5. The summed E-state index contributed by atoms with van der Waals surface area (Å²) in [7, 11) is -1.92. The van der Waals surface area contributed by atoms with Gasteiger partial charge >= 0.3 is 0 Å². The molecule has 0 bridgehead atoms. The molecule has 1 aliphatic heterocycles. The second-order valence-corrected chi connectivity index (χ2v) is 12.3. The van der Waals surface area contributed by atoms with Crippen LogP contribution >= 0.6 is 23.2 Å². The first-order valence-electron chi connectivity index (χ1n) is 11.5. The molecular formula is C25H32Cl2N2O3S. The fourth-order valence-electron chi connectivity index (χ4n) is 4.69. The summed E-state index contributed by atoms with van der Waals surface area (Å²) in [4.78, 5) is 2.75. The van der Waals surface area contributed by atoms with Crippen molar-refractivity contribution in [2.45, 2.75) is 57.1 Å². The molecule has 2 aromatic carbocycles. The van der Waals surface area contributed by atoms with Gasteiger partial charge in [-0.25, -0.2) is 12.7 Å². The Morgan fingerprint density at radius 3 is 2.39 bits per heavy atom. The summed E-state index contributed by atoms with van der Waals surface area (Å²) in [6, 6.07) is 9.33. The molecular weight excluding hydrogens is 479 g/mol. The molecule has 2 fully saturated rings. The zero-order valence-corrected chi connectivity index (χ0v) is 21.8. The van der Waals surface area contributed by atoms with Gasteiger partial charge in [0.2, 0.25) is 10.0 Å². The monoisotopic (exact) mass is 510 g/mol. The Kier molecular flexibility index (Phi) is 7.61. The number of sulfonamides is 1. The van der Waals surface area contributed by atoms with Gasteiger partial charge in [-0.2, -0.15) is 0 Å². The molecule has 5 nitrogen and oxygen atoms in total. The van der Waals surface area contributed by atoms with Gasteiger partial charge in [-0.1, -0.05) is 29.3 Å². The number of likely N-dealkylation sites (tertiary alicyclic amines) is 1. The summed E-state index contributed by atoms with van der Waals surface area (Å²) in [6.45, 7) is 7.23. The maximum absolute atomic E-state index is 13.1. The fraction of sp³-hybridized carbons (Fsp3) is 0.520. The fourth-order valence-corrected chi connectivity index (χ4v) is 6.67. The second-order valence-electron chi connectivity index (χ2n) is 9.47. The third-order valence-electron chi connectivity index (χ3n) is 6.77. The third kappa shape index (κ3) is 5.68. The van der Waals surface area contributed by atoms with Crippen molar-refractivity contribution in [1.82, 2.24) is 9.21 Å². The first-order chi connectivity index (χ1) is 15.6. The van der Waals surface area contributed by atoms with E-state index >= 15 is 0 Å². The van der Waals surface area contributed by atoms with Crippen molar-refractivity contribution in [3.63, 3.8) is 0 Å². The molecule has 0 radical (unpaired) electrons. The smallest absolute Gasteiger partial charge is 0.243 e. The van der Waals surface area contributed by atoms with Crippen molar-refractivity contribution in [2.75, 3.05) is 26.7 Å². The number of benzene rings is 2. The topological polar surface area (TPSA) is 49.9 Å². The summed E-state index contributed by atoms with van der Waals surface area (Å²) in [5.74, 6) is 1.05. The van der Waals surface area contributed by atoms with Gasteiger partial charge in [0, 0.05) is 30.2 Å². The Hall–Kier alpha value is -1.31. The molecule has 1 heterocycles. The summed E-state index contributed by atoms with van der Waals surface area (Å²) in [5, 5.41) is 1.33. The lowest BCUT2D eigenvalue weighted by Crippen LogP contribution is -2.42. The van der Waals surface area contributed by atoms with Crippen molar-refractivity contribution in [2.24, 2.45) is 5.92 Å². The number of hydrogen-bond acceptors (Lipinski definition) is 4. The minimum absolute atomic E-state index is 0.0890. The Bertz CT molecular complexity index is 1110. The Morgan fingerprint density at radius 1 is 1.03 bits per heavy atom. The molecule has 8 heteroatoms. The van der Waals surface area contributed by atoms with Crippen molar-refractivity contribution in [1.29, 1.82) is 0 Å². The molecule has 1 aliphatic carbocycles. The molecule has 0 amide bonds. The molecule has 2 aromatic rings. The Balaban J connectivity index is 1.30. The van der Waals surface area contributed by atoms with Crippen LogP contribution < -0.4 is 4.74 Å². The highest BCUT2D eigenvalue weighted by Crippen LogP contribution is 2.35. The van der Waals surface area contributed by atoms with Crippen LogP contribution in [0.25, 0.3) is 0 Å². The SMILES string of the molecule is Cc1cc(S(=O)(=O)N(C)CC2CC(Oc3ccc(CN4CCCC4)c(Cl)c3)C2)c(C)cc1Cl. The molecule has 0 aromatic heterocycles. The third-order valence-corrected chi connectivity index (χ3v) is 9.50. The number of halogens is 2. The molecule has 2 aliphatic rings. The van der Waals surface area contributed by atoms with Crippen LogP contribution in [0.2, 0.25) is 10.0 Å². The molecule has 180 valence electrons. The average Bonchev–Trinajstić information content (AvgIpc) is 3.24. The number of aryl methyl sites for hydroxylation is 2. The van der Waals surface area contributed by atoms with E-state index in [0.29, 0.717) is 22.0 Å². The zero-order chi connectivity index (χ0) is 23.8. The minimum atomic E-state index is -3.56. The van der Waals surface area contributed by atoms with Crippen molar-refractivity contribution < 1.29 is 13.2 Å². The van der Waals surface area contributed by atoms with E-state index < -0.39 is 10.0 Å². The van der Waals surface area contributed by atoms with Gasteiger partial charge < -0.3 is 4.74 Å². The number of ether oxygens (including phenoxy) is 1. The van der Waals surface area contributed by atoms with Gasteiger partial charge in [0.15, 0.2) is 0 Å². The first-order valence-corrected chi connectivity index (χ1v) is 13.7. The summed E-state index contributed by atoms with van der Waals surface area (Å²) >= 11 is 12.6. The van der Waals surface area contributed by atoms with E-state index in [1.807, 2.05) is 19.1 Å². The van der Waals surface area contributed by atoms with Gasteiger partial charge in [0.25, 0.3) is 0 Å². The van der Waals surface area contributed by atoms with Crippen LogP contribution in [-0.2, 0) is 16.6 Å². The number of nitrogens with zero attached hydrogens (tertiary/aromatic N) is 2. The number of hydrogen-bond donors (Lipinski definition) is 0. The first kappa shape index (κ1) is 24.8. The molecule has 0 N–H and O–H groups in total. The highest BCUT2D eigenvalue weighted by Gasteiger charge is 2.35. The van der Waals surface area contributed by atoms with Crippen molar-refractivity contribution in [3.8, 4) is 5.75 Å². The van der Waals surface area contributed by atoms with Crippen molar-refractivity contribution >= 4 is 33.2 Å². The van der Waals surface area contributed by atoms with E-state index in [4.69, 9.17) is 27.9 Å².